The van der Waals surface area contributed by atoms with Crippen LogP contribution in [0.2, 0.25) is 0 Å². The normalized spacial score (nSPS) is 14.4. The molecular formula is C45H49NO10S4. The standard InChI is InChI=1S/C45H49NO10S4/c1-9-43(5,6)39-25-23-35(27-41(39)59(49,50)51)58(47,48)36-24-26-40(42(28-36)60(52,53)54)55-31-15-19-33(20-16-31)57-34-21-17-32(18-22-34)56-45(8,11-3)44(7,10-2)38-14-12-13-30(4)37(38)29-46/h12-28H,9-11H2,1-8H3,(H,49,50,51)(H,52,53,54). The Morgan fingerprint density at radius 3 is 1.68 bits per heavy atom. The Hall–Kier alpha value is -4.69. The molecule has 5 aromatic rings. The van der Waals surface area contributed by atoms with Gasteiger partial charge in [-0.15, -0.1) is 0 Å². The van der Waals surface area contributed by atoms with E-state index in [2.05, 4.69) is 33.8 Å². The quantitative estimate of drug-likeness (QED) is 0.0895. The van der Waals surface area contributed by atoms with Gasteiger partial charge in [0.05, 0.1) is 26.3 Å². The molecule has 0 heterocycles. The zero-order valence-corrected chi connectivity index (χ0v) is 37.9. The number of nitrogens with zero attached hydrogens (tertiary/aromatic N) is 1. The molecular weight excluding hydrogens is 843 g/mol. The van der Waals surface area contributed by atoms with E-state index in [0.29, 0.717) is 24.2 Å². The van der Waals surface area contributed by atoms with Gasteiger partial charge in [0.1, 0.15) is 27.7 Å². The monoisotopic (exact) mass is 891 g/mol. The molecule has 2 unspecified atom stereocenters. The van der Waals surface area contributed by atoms with Crippen molar-refractivity contribution in [1.29, 1.82) is 5.26 Å². The lowest BCUT2D eigenvalue weighted by atomic mass is 9.65. The van der Waals surface area contributed by atoms with Gasteiger partial charge in [-0.2, -0.15) is 22.1 Å². The second-order valence-corrected chi connectivity index (χ2v) is 21.5. The molecule has 0 spiro atoms. The zero-order chi connectivity index (χ0) is 44.5. The summed E-state index contributed by atoms with van der Waals surface area (Å²) >= 11 is 1.46. The van der Waals surface area contributed by atoms with E-state index in [1.807, 2.05) is 56.3 Å². The van der Waals surface area contributed by atoms with Crippen molar-refractivity contribution in [2.45, 2.75) is 120 Å². The molecule has 0 saturated heterocycles. The van der Waals surface area contributed by atoms with Gasteiger partial charge in [-0.25, -0.2) is 8.42 Å². The van der Waals surface area contributed by atoms with E-state index in [4.69, 9.17) is 9.47 Å². The van der Waals surface area contributed by atoms with Crippen LogP contribution in [0.15, 0.2) is 133 Å². The van der Waals surface area contributed by atoms with Gasteiger partial charge in [-0.1, -0.05) is 77.6 Å². The van der Waals surface area contributed by atoms with E-state index in [9.17, 15) is 39.6 Å². The first-order valence-corrected chi connectivity index (χ1v) is 24.4. The highest BCUT2D eigenvalue weighted by Crippen LogP contribution is 2.45. The van der Waals surface area contributed by atoms with Crippen molar-refractivity contribution in [2.75, 3.05) is 0 Å². The van der Waals surface area contributed by atoms with Gasteiger partial charge in [0.2, 0.25) is 9.84 Å². The maximum atomic E-state index is 13.7. The third-order valence-corrected chi connectivity index (χ3v) is 16.2. The fraction of sp³-hybridized carbons (Fsp3) is 0.311. The molecule has 2 atom stereocenters. The predicted molar refractivity (Wildman–Crippen MR) is 231 cm³/mol. The number of nitriles is 1. The van der Waals surface area contributed by atoms with E-state index >= 15 is 0 Å². The average molecular weight is 892 g/mol. The highest BCUT2D eigenvalue weighted by Gasteiger charge is 2.47. The predicted octanol–water partition coefficient (Wildman–Crippen LogP) is 10.7. The fourth-order valence-electron chi connectivity index (χ4n) is 7.09. The number of hydrogen-bond donors (Lipinski definition) is 2. The highest BCUT2D eigenvalue weighted by molar-refractivity contribution is 7.99. The van der Waals surface area contributed by atoms with E-state index in [0.717, 1.165) is 51.6 Å². The van der Waals surface area contributed by atoms with Crippen molar-refractivity contribution in [3.05, 3.63) is 125 Å². The van der Waals surface area contributed by atoms with Gasteiger partial charge < -0.3 is 9.47 Å². The first kappa shape index (κ1) is 46.4. The molecule has 15 heteroatoms. The summed E-state index contributed by atoms with van der Waals surface area (Å²) in [5, 5.41) is 10.0. The second-order valence-electron chi connectivity index (χ2n) is 15.6. The third-order valence-electron chi connectivity index (χ3n) is 11.6. The van der Waals surface area contributed by atoms with E-state index < -0.39 is 66.1 Å². The van der Waals surface area contributed by atoms with Crippen LogP contribution in [-0.4, -0.2) is 40.0 Å². The van der Waals surface area contributed by atoms with Gasteiger partial charge in [0.15, 0.2) is 0 Å². The minimum Gasteiger partial charge on any atom is -0.487 e. The number of ether oxygens (including phenoxy) is 2. The molecule has 5 rings (SSSR count). The molecule has 0 radical (unpaired) electrons. The summed E-state index contributed by atoms with van der Waals surface area (Å²) in [5.74, 6) is 0.528. The Labute approximate surface area is 358 Å². The smallest absolute Gasteiger partial charge is 0.298 e. The summed E-state index contributed by atoms with van der Waals surface area (Å²) in [6, 6.07) is 28.9. The van der Waals surface area contributed by atoms with Crippen LogP contribution in [0.1, 0.15) is 90.0 Å². The molecule has 60 heavy (non-hydrogen) atoms. The Kier molecular flexibility index (Phi) is 13.4. The average Bonchev–Trinajstić information content (AvgIpc) is 3.20. The molecule has 0 aliphatic carbocycles. The summed E-state index contributed by atoms with van der Waals surface area (Å²) in [6.45, 7) is 15.7. The molecule has 0 amide bonds. The van der Waals surface area contributed by atoms with Crippen LogP contribution in [0.5, 0.6) is 17.2 Å². The highest BCUT2D eigenvalue weighted by atomic mass is 32.2. The number of benzene rings is 5. The Morgan fingerprint density at radius 2 is 1.18 bits per heavy atom. The van der Waals surface area contributed by atoms with E-state index in [-0.39, 0.29) is 17.1 Å². The number of sulfone groups is 1. The molecule has 11 nitrogen and oxygen atoms in total. The SMILES string of the molecule is CCC(C)(C)c1ccc(S(=O)(=O)c2ccc(Oc3ccc(Sc4ccc(OC(C)(CC)C(C)(CC)c5cccc(C)c5C#N)cc4)cc3)c(S(=O)(=O)O)c2)cc1S(=O)(=O)O. The van der Waals surface area contributed by atoms with Crippen LogP contribution in [0.25, 0.3) is 0 Å². The molecule has 0 saturated carbocycles. The zero-order valence-electron chi connectivity index (χ0n) is 34.7. The lowest BCUT2D eigenvalue weighted by Crippen LogP contribution is -2.51. The van der Waals surface area contributed by atoms with Gasteiger partial charge in [0.25, 0.3) is 20.2 Å². The molecule has 0 aliphatic heterocycles. The maximum absolute atomic E-state index is 13.7. The van der Waals surface area contributed by atoms with Crippen molar-refractivity contribution in [3.63, 3.8) is 0 Å². The molecule has 0 aromatic heterocycles. The lowest BCUT2D eigenvalue weighted by molar-refractivity contribution is 0.00285. The van der Waals surface area contributed by atoms with Crippen molar-refractivity contribution in [3.8, 4) is 23.3 Å². The van der Waals surface area contributed by atoms with E-state index in [1.165, 1.54) is 23.9 Å². The summed E-state index contributed by atoms with van der Waals surface area (Å²) in [5.41, 5.74) is 0.941. The van der Waals surface area contributed by atoms with Gasteiger partial charge >= 0.3 is 0 Å². The Morgan fingerprint density at radius 1 is 0.650 bits per heavy atom. The molecule has 318 valence electrons. The minimum absolute atomic E-state index is 0.196. The lowest BCUT2D eigenvalue weighted by Gasteiger charge is -2.46. The largest absolute Gasteiger partial charge is 0.487 e. The van der Waals surface area contributed by atoms with Crippen LogP contribution in [-0.2, 0) is 40.9 Å². The first-order chi connectivity index (χ1) is 27.9. The van der Waals surface area contributed by atoms with Crippen molar-refractivity contribution >= 4 is 41.8 Å². The maximum Gasteiger partial charge on any atom is 0.298 e. The molecule has 2 N–H and O–H groups in total. The number of rotatable bonds is 16. The van der Waals surface area contributed by atoms with Crippen molar-refractivity contribution < 1.29 is 43.8 Å². The fourth-order valence-corrected chi connectivity index (χ4v) is 10.9. The van der Waals surface area contributed by atoms with Crippen molar-refractivity contribution in [2.24, 2.45) is 0 Å². The van der Waals surface area contributed by atoms with Gasteiger partial charge in [-0.05, 0) is 134 Å². The van der Waals surface area contributed by atoms with Gasteiger partial charge in [0, 0.05) is 15.2 Å². The van der Waals surface area contributed by atoms with Crippen LogP contribution in [0.4, 0.5) is 0 Å². The van der Waals surface area contributed by atoms with Gasteiger partial charge in [-0.3, -0.25) is 9.11 Å². The van der Waals surface area contributed by atoms with Crippen molar-refractivity contribution in [1.82, 2.24) is 0 Å². The minimum atomic E-state index is -5.03. The summed E-state index contributed by atoms with van der Waals surface area (Å²) in [7, 11) is -14.4. The Balaban J connectivity index is 1.35. The van der Waals surface area contributed by atoms with Crippen LogP contribution in [0, 0.1) is 18.3 Å². The molecule has 0 aliphatic rings. The molecule has 0 bridgehead atoms. The number of aryl methyl sites for hydroxylation is 1. The van der Waals surface area contributed by atoms with Crippen LogP contribution >= 0.6 is 11.8 Å². The third kappa shape index (κ3) is 9.44. The molecule has 0 fully saturated rings. The molecule has 5 aromatic carbocycles. The summed E-state index contributed by atoms with van der Waals surface area (Å²) in [6.07, 6.45) is 1.93. The first-order valence-electron chi connectivity index (χ1n) is 19.2. The summed E-state index contributed by atoms with van der Waals surface area (Å²) < 4.78 is 110. The summed E-state index contributed by atoms with van der Waals surface area (Å²) in [4.78, 5) is -0.749. The topological polar surface area (TPSA) is 185 Å². The second kappa shape index (κ2) is 17.4. The van der Waals surface area contributed by atoms with Crippen LogP contribution < -0.4 is 9.47 Å². The van der Waals surface area contributed by atoms with Crippen LogP contribution in [0.3, 0.4) is 0 Å². The van der Waals surface area contributed by atoms with E-state index in [1.54, 1.807) is 38.1 Å². The Bertz CT molecular complexity index is 2780. The number of hydrogen-bond acceptors (Lipinski definition) is 10.